The Morgan fingerprint density at radius 2 is 2.00 bits per heavy atom. The smallest absolute Gasteiger partial charge is 0.279 e. The molecule has 0 saturated carbocycles. The molecule has 6 heteroatoms. The first-order valence-corrected chi connectivity index (χ1v) is 6.02. The Hall–Kier alpha value is -1.69. The minimum Gasteiger partial charge on any atom is -0.309 e. The highest BCUT2D eigenvalue weighted by Crippen LogP contribution is 2.17. The van der Waals surface area contributed by atoms with Gasteiger partial charge in [-0.1, -0.05) is 0 Å². The Labute approximate surface area is 106 Å². The molecule has 0 atom stereocenters. The molecule has 0 radical (unpaired) electrons. The molecule has 0 saturated heterocycles. The molecule has 2 rings (SSSR count). The first kappa shape index (κ1) is 12.8. The predicted molar refractivity (Wildman–Crippen MR) is 70.7 cm³/mol. The lowest BCUT2D eigenvalue weighted by Gasteiger charge is -2.15. The van der Waals surface area contributed by atoms with Crippen LogP contribution in [-0.2, 0) is 6.54 Å². The summed E-state index contributed by atoms with van der Waals surface area (Å²) < 4.78 is 2.03. The highest BCUT2D eigenvalue weighted by molar-refractivity contribution is 5.70. The van der Waals surface area contributed by atoms with E-state index in [1.165, 1.54) is 0 Å². The average Bonchev–Trinajstić information content (AvgIpc) is 2.54. The monoisotopic (exact) mass is 249 g/mol. The van der Waals surface area contributed by atoms with E-state index in [1.54, 1.807) is 6.92 Å². The van der Waals surface area contributed by atoms with E-state index < -0.39 is 0 Å². The topological polar surface area (TPSA) is 66.8 Å². The summed E-state index contributed by atoms with van der Waals surface area (Å²) in [6.07, 6.45) is 0. The Morgan fingerprint density at radius 1 is 1.33 bits per heavy atom. The summed E-state index contributed by atoms with van der Waals surface area (Å²) in [7, 11) is 3.96. The molecule has 0 aromatic carbocycles. The fraction of sp³-hybridized carbons (Fsp3) is 0.583. The highest BCUT2D eigenvalue weighted by atomic mass is 16.1. The van der Waals surface area contributed by atoms with Crippen molar-refractivity contribution < 1.29 is 0 Å². The number of hydrogen-bond donors (Lipinski definition) is 1. The van der Waals surface area contributed by atoms with E-state index in [4.69, 9.17) is 0 Å². The number of rotatable bonds is 3. The van der Waals surface area contributed by atoms with Crippen LogP contribution in [0.1, 0.15) is 31.5 Å². The van der Waals surface area contributed by atoms with E-state index in [0.717, 1.165) is 5.82 Å². The maximum Gasteiger partial charge on any atom is 0.279 e. The third-order valence-corrected chi connectivity index (χ3v) is 2.72. The van der Waals surface area contributed by atoms with Crippen LogP contribution in [-0.4, -0.2) is 38.5 Å². The molecule has 2 aromatic rings. The Kier molecular flexibility index (Phi) is 3.21. The molecule has 0 unspecified atom stereocenters. The molecule has 0 spiro atoms. The summed E-state index contributed by atoms with van der Waals surface area (Å²) in [5.41, 5.74) is 0.922. The van der Waals surface area contributed by atoms with Crippen molar-refractivity contribution in [3.63, 3.8) is 0 Å². The fourth-order valence-electron chi connectivity index (χ4n) is 2.08. The van der Waals surface area contributed by atoms with Gasteiger partial charge in [-0.2, -0.15) is 0 Å². The zero-order chi connectivity index (χ0) is 13.4. The van der Waals surface area contributed by atoms with Gasteiger partial charge < -0.3 is 14.5 Å². The van der Waals surface area contributed by atoms with Gasteiger partial charge in [0.05, 0.1) is 6.54 Å². The summed E-state index contributed by atoms with van der Waals surface area (Å²) in [6, 6.07) is 0.221. The molecule has 2 heterocycles. The third-order valence-electron chi connectivity index (χ3n) is 2.72. The van der Waals surface area contributed by atoms with Crippen LogP contribution in [0.3, 0.4) is 0 Å². The minimum atomic E-state index is -0.170. The van der Waals surface area contributed by atoms with Gasteiger partial charge in [0, 0.05) is 6.04 Å². The first-order valence-electron chi connectivity index (χ1n) is 6.02. The van der Waals surface area contributed by atoms with Gasteiger partial charge in [-0.3, -0.25) is 4.79 Å². The second kappa shape index (κ2) is 4.53. The van der Waals surface area contributed by atoms with E-state index in [-0.39, 0.29) is 11.6 Å². The zero-order valence-electron chi connectivity index (χ0n) is 11.5. The van der Waals surface area contributed by atoms with Crippen LogP contribution >= 0.6 is 0 Å². The number of nitrogens with one attached hydrogen (secondary N) is 1. The minimum absolute atomic E-state index is 0.170. The molecule has 0 fully saturated rings. The van der Waals surface area contributed by atoms with Gasteiger partial charge in [-0.25, -0.2) is 9.97 Å². The summed E-state index contributed by atoms with van der Waals surface area (Å²) in [5, 5.41) is 0. The van der Waals surface area contributed by atoms with Gasteiger partial charge in [0.25, 0.3) is 5.56 Å². The van der Waals surface area contributed by atoms with Crippen molar-refractivity contribution >= 4 is 11.2 Å². The molecule has 1 N–H and O–H groups in total. The lowest BCUT2D eigenvalue weighted by molar-refractivity contribution is 0.376. The van der Waals surface area contributed by atoms with E-state index >= 15 is 0 Å². The largest absolute Gasteiger partial charge is 0.309 e. The molecule has 0 amide bonds. The lowest BCUT2D eigenvalue weighted by atomic mass is 10.3. The van der Waals surface area contributed by atoms with Crippen LogP contribution < -0.4 is 5.56 Å². The molecular formula is C12H19N5O. The number of nitrogens with zero attached hydrogens (tertiary/aromatic N) is 4. The van der Waals surface area contributed by atoms with Crippen molar-refractivity contribution in [1.82, 2.24) is 24.4 Å². The number of imidazole rings is 1. The Balaban J connectivity index is 2.75. The number of aryl methyl sites for hydroxylation is 1. The molecule has 0 aliphatic carbocycles. The number of aromatic nitrogens is 4. The second-order valence-corrected chi connectivity index (χ2v) is 5.05. The molecule has 2 aromatic heterocycles. The molecule has 0 aliphatic rings. The summed E-state index contributed by atoms with van der Waals surface area (Å²) in [6.45, 7) is 6.61. The van der Waals surface area contributed by atoms with Crippen molar-refractivity contribution in [1.29, 1.82) is 0 Å². The molecular weight excluding hydrogens is 230 g/mol. The van der Waals surface area contributed by atoms with E-state index in [9.17, 15) is 4.79 Å². The van der Waals surface area contributed by atoms with Gasteiger partial charge >= 0.3 is 0 Å². The van der Waals surface area contributed by atoms with Crippen molar-refractivity contribution in [2.75, 3.05) is 14.1 Å². The van der Waals surface area contributed by atoms with Crippen LogP contribution in [0.4, 0.5) is 0 Å². The van der Waals surface area contributed by atoms with Crippen LogP contribution in [0.5, 0.6) is 0 Å². The van der Waals surface area contributed by atoms with Crippen LogP contribution in [0.2, 0.25) is 0 Å². The number of aromatic amines is 1. The highest BCUT2D eigenvalue weighted by Gasteiger charge is 2.17. The van der Waals surface area contributed by atoms with Crippen LogP contribution in [0.25, 0.3) is 11.2 Å². The standard InChI is InChI=1S/C12H19N5O/c1-7(2)17-9(6-16(4)5)15-10-11(17)13-8(3)14-12(10)18/h7H,6H2,1-5H3,(H,13,14,18). The quantitative estimate of drug-likeness (QED) is 0.883. The SMILES string of the molecule is Cc1nc2c(nc(CN(C)C)n2C(C)C)c(=O)[nH]1. The Morgan fingerprint density at radius 3 is 2.56 bits per heavy atom. The van der Waals surface area contributed by atoms with Gasteiger partial charge in [-0.05, 0) is 34.9 Å². The summed E-state index contributed by atoms with van der Waals surface area (Å²) in [5.74, 6) is 1.49. The average molecular weight is 249 g/mol. The normalized spacial score (nSPS) is 11.9. The summed E-state index contributed by atoms with van der Waals surface area (Å²) in [4.78, 5) is 25.4. The molecule has 0 bridgehead atoms. The van der Waals surface area contributed by atoms with E-state index in [1.807, 2.05) is 23.6 Å². The molecule has 98 valence electrons. The number of H-pyrrole nitrogens is 1. The molecule has 0 aliphatic heterocycles. The lowest BCUT2D eigenvalue weighted by Crippen LogP contribution is -2.17. The van der Waals surface area contributed by atoms with Gasteiger partial charge in [0.15, 0.2) is 11.2 Å². The first-order chi connectivity index (χ1) is 8.40. The number of hydrogen-bond acceptors (Lipinski definition) is 4. The maximum absolute atomic E-state index is 11.9. The Bertz CT molecular complexity index is 623. The van der Waals surface area contributed by atoms with Crippen LogP contribution in [0.15, 0.2) is 4.79 Å². The van der Waals surface area contributed by atoms with Gasteiger partial charge in [-0.15, -0.1) is 0 Å². The predicted octanol–water partition coefficient (Wildman–Crippen LogP) is 1.07. The van der Waals surface area contributed by atoms with Crippen molar-refractivity contribution in [2.45, 2.75) is 33.4 Å². The third kappa shape index (κ3) is 2.15. The molecule has 18 heavy (non-hydrogen) atoms. The second-order valence-electron chi connectivity index (χ2n) is 5.05. The zero-order valence-corrected chi connectivity index (χ0v) is 11.5. The summed E-state index contributed by atoms with van der Waals surface area (Å²) >= 11 is 0. The van der Waals surface area contributed by atoms with Crippen molar-refractivity contribution in [2.24, 2.45) is 0 Å². The van der Waals surface area contributed by atoms with Crippen LogP contribution in [0, 0.1) is 6.92 Å². The maximum atomic E-state index is 11.9. The van der Waals surface area contributed by atoms with Crippen molar-refractivity contribution in [3.8, 4) is 0 Å². The fourth-order valence-corrected chi connectivity index (χ4v) is 2.08. The van der Waals surface area contributed by atoms with E-state index in [2.05, 4.69) is 28.8 Å². The van der Waals surface area contributed by atoms with Gasteiger partial charge in [0.1, 0.15) is 11.6 Å². The van der Waals surface area contributed by atoms with Crippen molar-refractivity contribution in [3.05, 3.63) is 22.0 Å². The number of fused-ring (bicyclic) bond motifs is 1. The molecule has 6 nitrogen and oxygen atoms in total. The van der Waals surface area contributed by atoms with E-state index in [0.29, 0.717) is 23.5 Å². The van der Waals surface area contributed by atoms with Gasteiger partial charge in [0.2, 0.25) is 0 Å².